The molecule has 0 N–H and O–H groups in total. The number of pyridine rings is 1. The van der Waals surface area contributed by atoms with Crippen LogP contribution in [0.1, 0.15) is 22.5 Å². The highest BCUT2D eigenvalue weighted by Crippen LogP contribution is 2.03. The van der Waals surface area contributed by atoms with E-state index < -0.39 is 0 Å². The molecular weight excluding hydrogens is 230 g/mol. The number of aromatic nitrogens is 1. The Balaban J connectivity index is 0.00000144. The molecule has 2 aromatic rings. The molecule has 0 bridgehead atoms. The summed E-state index contributed by atoms with van der Waals surface area (Å²) in [7, 11) is 0. The summed E-state index contributed by atoms with van der Waals surface area (Å²) in [6.07, 6.45) is 0. The molecule has 0 spiro atoms. The fourth-order valence-electron chi connectivity index (χ4n) is 1.56. The molecule has 0 unspecified atom stereocenters. The number of nitrogens with zero attached hydrogens (tertiary/aromatic N) is 1. The van der Waals surface area contributed by atoms with Crippen molar-refractivity contribution in [2.45, 2.75) is 13.8 Å². The highest BCUT2D eigenvalue weighted by atomic mass is 35.5. The van der Waals surface area contributed by atoms with E-state index in [4.69, 9.17) is 0 Å². The average Bonchev–Trinajstić information content (AvgIpc) is 2.27. The van der Waals surface area contributed by atoms with Crippen molar-refractivity contribution < 1.29 is 0 Å². The van der Waals surface area contributed by atoms with Crippen molar-refractivity contribution in [3.05, 3.63) is 65.0 Å². The van der Waals surface area contributed by atoms with Gasteiger partial charge in [0.1, 0.15) is 5.69 Å². The molecule has 0 amide bonds. The Kier molecular flexibility index (Phi) is 4.75. The molecule has 2 rings (SSSR count). The van der Waals surface area contributed by atoms with Gasteiger partial charge in [0.25, 0.3) is 0 Å². The number of hydrogen-bond donors (Lipinski definition) is 0. The van der Waals surface area contributed by atoms with Crippen molar-refractivity contribution in [1.29, 1.82) is 0 Å². The van der Waals surface area contributed by atoms with Gasteiger partial charge in [0.15, 0.2) is 0 Å². The van der Waals surface area contributed by atoms with Crippen molar-refractivity contribution in [3.63, 3.8) is 0 Å². The van der Waals surface area contributed by atoms with Crippen LogP contribution in [-0.2, 0) is 0 Å². The predicted molar refractivity (Wildman–Crippen MR) is 73.4 cm³/mol. The maximum atomic E-state index is 4.38. The third-order valence-corrected chi connectivity index (χ3v) is 2.21. The molecule has 1 heterocycles. The second-order valence-corrected chi connectivity index (χ2v) is 3.79. The zero-order valence-electron chi connectivity index (χ0n) is 9.90. The summed E-state index contributed by atoms with van der Waals surface area (Å²) >= 11 is 0. The zero-order chi connectivity index (χ0) is 11.4. The summed E-state index contributed by atoms with van der Waals surface area (Å²) < 4.78 is 0. The molecule has 0 saturated heterocycles. The van der Waals surface area contributed by atoms with Gasteiger partial charge < -0.3 is 0 Å². The molecule has 1 aromatic heterocycles. The Labute approximate surface area is 108 Å². The highest BCUT2D eigenvalue weighted by molar-refractivity contribution is 5.85. The minimum Gasteiger partial charge on any atom is -0.245 e. The standard InChI is InChI=1S/C15H13N.ClH/c1-12-10-13(2)16-15(11-12)9-8-14-6-4-3-5-7-14;/h3-7,10-11H,1-2H3;1H. The van der Waals surface area contributed by atoms with E-state index >= 15 is 0 Å². The number of rotatable bonds is 0. The second-order valence-electron chi connectivity index (χ2n) is 3.79. The maximum Gasteiger partial charge on any atom is 0.114 e. The molecule has 0 aliphatic heterocycles. The summed E-state index contributed by atoms with van der Waals surface area (Å²) in [5.41, 5.74) is 4.06. The first-order chi connectivity index (χ1) is 7.74. The molecule has 1 nitrogen and oxygen atoms in total. The Bertz CT molecular complexity index is 530. The van der Waals surface area contributed by atoms with Crippen molar-refractivity contribution in [3.8, 4) is 11.8 Å². The molecule has 0 aliphatic carbocycles. The Hall–Kier alpha value is -1.78. The lowest BCUT2D eigenvalue weighted by molar-refractivity contribution is 1.15. The first kappa shape index (κ1) is 13.3. The van der Waals surface area contributed by atoms with Crippen molar-refractivity contribution >= 4 is 12.4 Å². The van der Waals surface area contributed by atoms with Crippen LogP contribution in [0.15, 0.2) is 42.5 Å². The van der Waals surface area contributed by atoms with Gasteiger partial charge in [-0.05, 0) is 49.6 Å². The van der Waals surface area contributed by atoms with Crippen LogP contribution in [0, 0.1) is 25.7 Å². The molecule has 2 heteroatoms. The van der Waals surface area contributed by atoms with Gasteiger partial charge in [0.2, 0.25) is 0 Å². The van der Waals surface area contributed by atoms with Crippen LogP contribution >= 0.6 is 12.4 Å². The summed E-state index contributed by atoms with van der Waals surface area (Å²) in [5, 5.41) is 0. The quantitative estimate of drug-likeness (QED) is 0.646. The molecule has 0 atom stereocenters. The number of aryl methyl sites for hydroxylation is 2. The van der Waals surface area contributed by atoms with E-state index in [1.54, 1.807) is 0 Å². The third kappa shape index (κ3) is 3.94. The van der Waals surface area contributed by atoms with E-state index in [0.717, 1.165) is 17.0 Å². The Morgan fingerprint density at radius 1 is 0.941 bits per heavy atom. The van der Waals surface area contributed by atoms with Crippen molar-refractivity contribution in [1.82, 2.24) is 4.98 Å². The number of hydrogen-bond acceptors (Lipinski definition) is 1. The smallest absolute Gasteiger partial charge is 0.114 e. The lowest BCUT2D eigenvalue weighted by Crippen LogP contribution is -1.88. The van der Waals surface area contributed by atoms with Gasteiger partial charge in [-0.1, -0.05) is 24.1 Å². The van der Waals surface area contributed by atoms with Gasteiger partial charge in [-0.25, -0.2) is 4.98 Å². The lowest BCUT2D eigenvalue weighted by atomic mass is 10.2. The van der Waals surface area contributed by atoms with Crippen LogP contribution in [0.5, 0.6) is 0 Å². The van der Waals surface area contributed by atoms with Gasteiger partial charge in [-0.3, -0.25) is 0 Å². The van der Waals surface area contributed by atoms with Gasteiger partial charge in [-0.15, -0.1) is 12.4 Å². The minimum atomic E-state index is 0. The molecule has 0 radical (unpaired) electrons. The van der Waals surface area contributed by atoms with Crippen LogP contribution in [0.25, 0.3) is 0 Å². The van der Waals surface area contributed by atoms with Crippen LogP contribution in [0.3, 0.4) is 0 Å². The molecular formula is C15H14ClN. The Morgan fingerprint density at radius 3 is 2.29 bits per heavy atom. The fourth-order valence-corrected chi connectivity index (χ4v) is 1.56. The van der Waals surface area contributed by atoms with E-state index in [1.165, 1.54) is 5.56 Å². The van der Waals surface area contributed by atoms with E-state index in [2.05, 4.69) is 23.7 Å². The second kappa shape index (κ2) is 6.08. The average molecular weight is 244 g/mol. The largest absolute Gasteiger partial charge is 0.245 e. The van der Waals surface area contributed by atoms with Gasteiger partial charge in [-0.2, -0.15) is 0 Å². The minimum absolute atomic E-state index is 0. The third-order valence-electron chi connectivity index (χ3n) is 2.21. The molecule has 0 fully saturated rings. The molecule has 1 aromatic carbocycles. The van der Waals surface area contributed by atoms with E-state index in [-0.39, 0.29) is 12.4 Å². The molecule has 17 heavy (non-hydrogen) atoms. The van der Waals surface area contributed by atoms with E-state index in [0.29, 0.717) is 0 Å². The maximum absolute atomic E-state index is 4.38. The highest BCUT2D eigenvalue weighted by Gasteiger charge is 1.93. The van der Waals surface area contributed by atoms with Crippen molar-refractivity contribution in [2.24, 2.45) is 0 Å². The predicted octanol–water partition coefficient (Wildman–Crippen LogP) is 3.52. The summed E-state index contributed by atoms with van der Waals surface area (Å²) in [6.45, 7) is 4.04. The topological polar surface area (TPSA) is 12.9 Å². The number of benzene rings is 1. The Morgan fingerprint density at radius 2 is 1.65 bits per heavy atom. The normalized spacial score (nSPS) is 8.82. The molecule has 86 valence electrons. The van der Waals surface area contributed by atoms with Gasteiger partial charge in [0, 0.05) is 11.3 Å². The first-order valence-electron chi connectivity index (χ1n) is 5.26. The van der Waals surface area contributed by atoms with E-state index in [9.17, 15) is 0 Å². The lowest BCUT2D eigenvalue weighted by Gasteiger charge is -1.96. The summed E-state index contributed by atoms with van der Waals surface area (Å²) in [4.78, 5) is 4.38. The van der Waals surface area contributed by atoms with Crippen molar-refractivity contribution in [2.75, 3.05) is 0 Å². The first-order valence-corrected chi connectivity index (χ1v) is 5.26. The molecule has 0 saturated carbocycles. The van der Waals surface area contributed by atoms with Crippen LogP contribution in [-0.4, -0.2) is 4.98 Å². The summed E-state index contributed by atoms with van der Waals surface area (Å²) in [5.74, 6) is 6.18. The van der Waals surface area contributed by atoms with E-state index in [1.807, 2.05) is 49.4 Å². The summed E-state index contributed by atoms with van der Waals surface area (Å²) in [6, 6.07) is 14.0. The van der Waals surface area contributed by atoms with Gasteiger partial charge >= 0.3 is 0 Å². The zero-order valence-corrected chi connectivity index (χ0v) is 10.7. The fraction of sp³-hybridized carbons (Fsp3) is 0.133. The monoisotopic (exact) mass is 243 g/mol. The van der Waals surface area contributed by atoms with Crippen LogP contribution in [0.2, 0.25) is 0 Å². The SMILES string of the molecule is Cc1cc(C)nc(C#Cc2ccccc2)c1.Cl. The van der Waals surface area contributed by atoms with Gasteiger partial charge in [0.05, 0.1) is 0 Å². The van der Waals surface area contributed by atoms with Crippen LogP contribution in [0.4, 0.5) is 0 Å². The van der Waals surface area contributed by atoms with Crippen LogP contribution < -0.4 is 0 Å². The number of halogens is 1. The molecule has 0 aliphatic rings.